The Labute approximate surface area is 101 Å². The molecule has 0 spiro atoms. The molecule has 0 fully saturated rings. The average molecular weight is 237 g/mol. The number of benzene rings is 1. The molecule has 0 atom stereocenters. The molecule has 0 aromatic heterocycles. The van der Waals surface area contributed by atoms with Gasteiger partial charge in [-0.15, -0.1) is 0 Å². The normalized spacial score (nSPS) is 11.3. The minimum atomic E-state index is 0.880. The number of thioether (sulfide) groups is 1. The quantitative estimate of drug-likeness (QED) is 0.723. The van der Waals surface area contributed by atoms with Crippen LogP contribution in [-0.2, 0) is 0 Å². The molecule has 0 radical (unpaired) electrons. The molecule has 1 nitrogen and oxygen atoms in total. The first-order valence-corrected chi connectivity index (χ1v) is 6.00. The van der Waals surface area contributed by atoms with E-state index in [0.717, 1.165) is 4.32 Å². The van der Waals surface area contributed by atoms with Gasteiger partial charge in [-0.05, 0) is 23.5 Å². The topological polar surface area (TPSA) is 3.24 Å². The van der Waals surface area contributed by atoms with E-state index in [9.17, 15) is 0 Å². The zero-order chi connectivity index (χ0) is 11.3. The molecule has 1 aromatic rings. The Morgan fingerprint density at radius 2 is 1.87 bits per heavy atom. The SMILES string of the molecule is C/C(=C\SC(=S)N(C)C)c1ccccc1. The van der Waals surface area contributed by atoms with Gasteiger partial charge in [-0.2, -0.15) is 0 Å². The van der Waals surface area contributed by atoms with Crippen LogP contribution in [0.1, 0.15) is 12.5 Å². The molecule has 0 unspecified atom stereocenters. The van der Waals surface area contributed by atoms with E-state index in [1.807, 2.05) is 37.2 Å². The molecular weight excluding hydrogens is 222 g/mol. The summed E-state index contributed by atoms with van der Waals surface area (Å²) >= 11 is 6.77. The fourth-order valence-corrected chi connectivity index (χ4v) is 1.78. The third-order valence-corrected chi connectivity index (χ3v) is 3.62. The fraction of sp³-hybridized carbons (Fsp3) is 0.250. The van der Waals surface area contributed by atoms with Gasteiger partial charge in [0.15, 0.2) is 0 Å². The molecule has 0 aliphatic rings. The van der Waals surface area contributed by atoms with Gasteiger partial charge >= 0.3 is 0 Å². The standard InChI is InChI=1S/C12H15NS2/c1-10(9-15-12(14)13(2)3)11-7-5-4-6-8-11/h4-9H,1-3H3/b10-9+. The summed E-state index contributed by atoms with van der Waals surface area (Å²) in [7, 11) is 3.92. The number of hydrogen-bond donors (Lipinski definition) is 0. The van der Waals surface area contributed by atoms with E-state index in [4.69, 9.17) is 12.2 Å². The van der Waals surface area contributed by atoms with Crippen molar-refractivity contribution >= 4 is 33.9 Å². The smallest absolute Gasteiger partial charge is 0.140 e. The van der Waals surface area contributed by atoms with Crippen molar-refractivity contribution in [3.05, 3.63) is 41.3 Å². The summed E-state index contributed by atoms with van der Waals surface area (Å²) in [6.07, 6.45) is 0. The first-order valence-electron chi connectivity index (χ1n) is 4.71. The molecule has 0 saturated heterocycles. The van der Waals surface area contributed by atoms with E-state index >= 15 is 0 Å². The van der Waals surface area contributed by atoms with Crippen LogP contribution in [0.5, 0.6) is 0 Å². The van der Waals surface area contributed by atoms with Crippen LogP contribution in [0.2, 0.25) is 0 Å². The van der Waals surface area contributed by atoms with Crippen LogP contribution in [0.4, 0.5) is 0 Å². The minimum Gasteiger partial charge on any atom is -0.363 e. The van der Waals surface area contributed by atoms with Crippen molar-refractivity contribution < 1.29 is 0 Å². The van der Waals surface area contributed by atoms with E-state index < -0.39 is 0 Å². The van der Waals surface area contributed by atoms with Gasteiger partial charge in [-0.25, -0.2) is 0 Å². The Hall–Kier alpha value is -0.800. The summed E-state index contributed by atoms with van der Waals surface area (Å²) in [5, 5.41) is 2.09. The van der Waals surface area contributed by atoms with E-state index in [-0.39, 0.29) is 0 Å². The molecule has 0 N–H and O–H groups in total. The Bertz CT molecular complexity index is 355. The molecule has 1 aromatic carbocycles. The molecular formula is C12H15NS2. The highest BCUT2D eigenvalue weighted by Gasteiger charge is 1.98. The first-order chi connectivity index (χ1) is 7.11. The van der Waals surface area contributed by atoms with Crippen molar-refractivity contribution in [3.8, 4) is 0 Å². The highest BCUT2D eigenvalue weighted by atomic mass is 32.2. The van der Waals surface area contributed by atoms with Crippen LogP contribution in [-0.4, -0.2) is 23.3 Å². The average Bonchev–Trinajstić information content (AvgIpc) is 2.26. The van der Waals surface area contributed by atoms with Gasteiger partial charge in [0, 0.05) is 14.1 Å². The lowest BCUT2D eigenvalue weighted by molar-refractivity contribution is 0.648. The van der Waals surface area contributed by atoms with E-state index in [1.165, 1.54) is 11.1 Å². The molecule has 0 aliphatic carbocycles. The molecule has 0 aliphatic heterocycles. The fourth-order valence-electron chi connectivity index (χ4n) is 1.01. The van der Waals surface area contributed by atoms with Crippen molar-refractivity contribution in [2.45, 2.75) is 6.92 Å². The van der Waals surface area contributed by atoms with Gasteiger partial charge in [0.1, 0.15) is 4.32 Å². The van der Waals surface area contributed by atoms with Gasteiger partial charge in [0.05, 0.1) is 0 Å². The second kappa shape index (κ2) is 5.93. The predicted octanol–water partition coefficient (Wildman–Crippen LogP) is 3.63. The summed E-state index contributed by atoms with van der Waals surface area (Å²) in [5.41, 5.74) is 2.48. The zero-order valence-electron chi connectivity index (χ0n) is 9.23. The third kappa shape index (κ3) is 4.06. The predicted molar refractivity (Wildman–Crippen MR) is 74.0 cm³/mol. The Kier molecular flexibility index (Phi) is 4.85. The van der Waals surface area contributed by atoms with E-state index in [0.29, 0.717) is 0 Å². The molecule has 3 heteroatoms. The van der Waals surface area contributed by atoms with Crippen molar-refractivity contribution in [2.24, 2.45) is 0 Å². The summed E-state index contributed by atoms with van der Waals surface area (Å²) in [4.78, 5) is 1.94. The van der Waals surface area contributed by atoms with E-state index in [2.05, 4.69) is 24.5 Å². The van der Waals surface area contributed by atoms with Crippen LogP contribution >= 0.6 is 24.0 Å². The second-order valence-electron chi connectivity index (χ2n) is 3.45. The van der Waals surface area contributed by atoms with Crippen molar-refractivity contribution in [1.82, 2.24) is 4.90 Å². The number of allylic oxidation sites excluding steroid dienone is 1. The summed E-state index contributed by atoms with van der Waals surface area (Å²) in [6.45, 7) is 2.10. The van der Waals surface area contributed by atoms with Crippen molar-refractivity contribution in [3.63, 3.8) is 0 Å². The van der Waals surface area contributed by atoms with Gasteiger partial charge in [-0.1, -0.05) is 54.3 Å². The highest BCUT2D eigenvalue weighted by molar-refractivity contribution is 8.24. The molecule has 0 bridgehead atoms. The number of thiocarbonyl (C=S) groups is 1. The Balaban J connectivity index is 2.65. The van der Waals surface area contributed by atoms with Crippen molar-refractivity contribution in [2.75, 3.05) is 14.1 Å². The van der Waals surface area contributed by atoms with Crippen molar-refractivity contribution in [1.29, 1.82) is 0 Å². The second-order valence-corrected chi connectivity index (χ2v) is 4.95. The van der Waals surface area contributed by atoms with Gasteiger partial charge in [0.2, 0.25) is 0 Å². The maximum atomic E-state index is 5.19. The zero-order valence-corrected chi connectivity index (χ0v) is 10.9. The Morgan fingerprint density at radius 1 is 1.27 bits per heavy atom. The van der Waals surface area contributed by atoms with Gasteiger partial charge in [0.25, 0.3) is 0 Å². The summed E-state index contributed by atoms with van der Waals surface area (Å²) in [5.74, 6) is 0. The molecule has 80 valence electrons. The van der Waals surface area contributed by atoms with Crippen LogP contribution in [0.15, 0.2) is 35.7 Å². The maximum absolute atomic E-state index is 5.19. The van der Waals surface area contributed by atoms with Crippen LogP contribution in [0.3, 0.4) is 0 Å². The number of nitrogens with zero attached hydrogens (tertiary/aromatic N) is 1. The van der Waals surface area contributed by atoms with Crippen LogP contribution in [0, 0.1) is 0 Å². The van der Waals surface area contributed by atoms with Gasteiger partial charge in [-0.3, -0.25) is 0 Å². The lowest BCUT2D eigenvalue weighted by atomic mass is 10.1. The maximum Gasteiger partial charge on any atom is 0.140 e. The lowest BCUT2D eigenvalue weighted by Crippen LogP contribution is -2.15. The molecule has 0 saturated carbocycles. The third-order valence-electron chi connectivity index (χ3n) is 1.93. The monoisotopic (exact) mass is 237 g/mol. The minimum absolute atomic E-state index is 0.880. The summed E-state index contributed by atoms with van der Waals surface area (Å²) in [6, 6.07) is 10.3. The Morgan fingerprint density at radius 3 is 2.40 bits per heavy atom. The molecule has 0 amide bonds. The van der Waals surface area contributed by atoms with Crippen LogP contribution in [0.25, 0.3) is 5.57 Å². The largest absolute Gasteiger partial charge is 0.363 e. The molecule has 1 rings (SSSR count). The first kappa shape index (κ1) is 12.3. The number of rotatable bonds is 2. The number of hydrogen-bond acceptors (Lipinski definition) is 2. The molecule has 0 heterocycles. The highest BCUT2D eigenvalue weighted by Crippen LogP contribution is 2.19. The van der Waals surface area contributed by atoms with Crippen LogP contribution < -0.4 is 0 Å². The van der Waals surface area contributed by atoms with E-state index in [1.54, 1.807) is 11.8 Å². The van der Waals surface area contributed by atoms with Gasteiger partial charge < -0.3 is 4.90 Å². The molecule has 15 heavy (non-hydrogen) atoms. The summed E-state index contributed by atoms with van der Waals surface area (Å²) < 4.78 is 0.880. The lowest BCUT2D eigenvalue weighted by Gasteiger charge is -2.10.